The number of ether oxygens (including phenoxy) is 2. The number of hydrogen-bond donors (Lipinski definition) is 0. The maximum Gasteiger partial charge on any atom is 0.245 e. The van der Waals surface area contributed by atoms with Gasteiger partial charge in [0.25, 0.3) is 0 Å². The van der Waals surface area contributed by atoms with Gasteiger partial charge in [-0.25, -0.2) is 0 Å². The molecule has 0 N–H and O–H groups in total. The van der Waals surface area contributed by atoms with Crippen LogP contribution in [0.5, 0.6) is 11.5 Å². The quantitative estimate of drug-likeness (QED) is 0.118. The predicted octanol–water partition coefficient (Wildman–Crippen LogP) is 9.52. The van der Waals surface area contributed by atoms with Gasteiger partial charge in [-0.1, -0.05) is 89.9 Å². The Morgan fingerprint density at radius 2 is 1.35 bits per heavy atom. The van der Waals surface area contributed by atoms with Gasteiger partial charge in [0.1, 0.15) is 11.5 Å². The molecule has 1 saturated heterocycles. The number of amides is 1. The molecule has 0 saturated carbocycles. The number of aromatic nitrogens is 1. The molecule has 0 bridgehead atoms. The van der Waals surface area contributed by atoms with Crippen LogP contribution in [-0.4, -0.2) is 48.5 Å². The minimum Gasteiger partial charge on any atom is -0.497 e. The minimum atomic E-state index is -1.61. The third-order valence-electron chi connectivity index (χ3n) is 10.3. The number of carbonyl (C=O) groups is 2. The Labute approximate surface area is 314 Å². The SMILES string of the molecule is COc1cccc(CCC(=O)C(C(=O)N2CCC(c3cn(Cc4cccc(OC)c4)c4ccccc34)C2)(c2ccc(Cl)cc2)c2ccc(Cl)cc2)c1. The Hall–Kier alpha value is -5.04. The summed E-state index contributed by atoms with van der Waals surface area (Å²) < 4.78 is 13.2. The smallest absolute Gasteiger partial charge is 0.245 e. The molecule has 0 radical (unpaired) electrons. The Morgan fingerprint density at radius 1 is 0.750 bits per heavy atom. The van der Waals surface area contributed by atoms with Gasteiger partial charge in [-0.2, -0.15) is 0 Å². The first kappa shape index (κ1) is 35.4. The number of likely N-dealkylation sites (tertiary alicyclic amines) is 1. The van der Waals surface area contributed by atoms with Crippen LogP contribution in [0.2, 0.25) is 10.0 Å². The van der Waals surface area contributed by atoms with E-state index in [-0.39, 0.29) is 24.0 Å². The van der Waals surface area contributed by atoms with Gasteiger partial charge in [-0.3, -0.25) is 9.59 Å². The van der Waals surface area contributed by atoms with Gasteiger partial charge >= 0.3 is 0 Å². The van der Waals surface area contributed by atoms with Crippen molar-refractivity contribution in [1.29, 1.82) is 0 Å². The molecular weight excluding hydrogens is 691 g/mol. The van der Waals surface area contributed by atoms with Crippen LogP contribution in [0.3, 0.4) is 0 Å². The summed E-state index contributed by atoms with van der Waals surface area (Å²) in [6.07, 6.45) is 3.59. The number of methoxy groups -OCH3 is 2. The lowest BCUT2D eigenvalue weighted by Crippen LogP contribution is -2.52. The number of halogens is 2. The van der Waals surface area contributed by atoms with Crippen molar-refractivity contribution in [3.05, 3.63) is 165 Å². The zero-order valence-electron chi connectivity index (χ0n) is 29.2. The van der Waals surface area contributed by atoms with Crippen molar-refractivity contribution in [3.8, 4) is 11.5 Å². The van der Waals surface area contributed by atoms with E-state index in [1.165, 1.54) is 10.9 Å². The van der Waals surface area contributed by atoms with Gasteiger partial charge in [-0.15, -0.1) is 0 Å². The number of benzene rings is 5. The highest BCUT2D eigenvalue weighted by Gasteiger charge is 2.51. The molecule has 0 spiro atoms. The number of para-hydroxylation sites is 1. The Balaban J connectivity index is 1.25. The second-order valence-corrected chi connectivity index (χ2v) is 14.2. The normalized spacial score (nSPS) is 14.5. The van der Waals surface area contributed by atoms with E-state index < -0.39 is 5.41 Å². The second kappa shape index (κ2) is 15.3. The summed E-state index contributed by atoms with van der Waals surface area (Å²) in [6.45, 7) is 1.69. The van der Waals surface area contributed by atoms with E-state index in [0.29, 0.717) is 47.2 Å². The van der Waals surface area contributed by atoms with Crippen molar-refractivity contribution in [2.45, 2.75) is 37.1 Å². The molecule has 1 unspecified atom stereocenters. The number of nitrogens with zero attached hydrogens (tertiary/aromatic N) is 2. The van der Waals surface area contributed by atoms with E-state index in [0.717, 1.165) is 34.6 Å². The highest BCUT2D eigenvalue weighted by Crippen LogP contribution is 2.42. The lowest BCUT2D eigenvalue weighted by molar-refractivity contribution is -0.141. The van der Waals surface area contributed by atoms with Crippen LogP contribution in [0.15, 0.2) is 128 Å². The maximum absolute atomic E-state index is 15.3. The van der Waals surface area contributed by atoms with Crippen molar-refractivity contribution in [1.82, 2.24) is 9.47 Å². The zero-order valence-corrected chi connectivity index (χ0v) is 30.7. The molecule has 1 aliphatic rings. The molecule has 6 aromatic rings. The molecule has 52 heavy (non-hydrogen) atoms. The number of fused-ring (bicyclic) bond motifs is 1. The highest BCUT2D eigenvalue weighted by atomic mass is 35.5. The monoisotopic (exact) mass is 730 g/mol. The molecule has 2 heterocycles. The van der Waals surface area contributed by atoms with E-state index in [1.807, 2.05) is 41.3 Å². The lowest BCUT2D eigenvalue weighted by atomic mass is 9.68. The van der Waals surface area contributed by atoms with E-state index in [4.69, 9.17) is 32.7 Å². The molecule has 264 valence electrons. The van der Waals surface area contributed by atoms with Crippen LogP contribution in [0.4, 0.5) is 0 Å². The summed E-state index contributed by atoms with van der Waals surface area (Å²) in [7, 11) is 3.30. The van der Waals surface area contributed by atoms with Crippen LogP contribution in [-0.2, 0) is 28.0 Å². The third-order valence-corrected chi connectivity index (χ3v) is 10.8. The Morgan fingerprint density at radius 3 is 1.98 bits per heavy atom. The summed E-state index contributed by atoms with van der Waals surface area (Å²) in [5, 5.41) is 2.22. The van der Waals surface area contributed by atoms with Crippen LogP contribution in [0.1, 0.15) is 46.6 Å². The molecule has 5 aromatic carbocycles. The third kappa shape index (κ3) is 6.93. The number of carbonyl (C=O) groups excluding carboxylic acids is 2. The molecule has 7 rings (SSSR count). The van der Waals surface area contributed by atoms with E-state index in [2.05, 4.69) is 47.2 Å². The van der Waals surface area contributed by atoms with Crippen molar-refractivity contribution >= 4 is 45.8 Å². The number of hydrogen-bond acceptors (Lipinski definition) is 4. The summed E-state index contributed by atoms with van der Waals surface area (Å²) in [4.78, 5) is 32.2. The minimum absolute atomic E-state index is 0.0837. The topological polar surface area (TPSA) is 60.8 Å². The van der Waals surface area contributed by atoms with Crippen molar-refractivity contribution in [2.24, 2.45) is 0 Å². The Bertz CT molecular complexity index is 2170. The molecule has 1 aliphatic heterocycles. The Kier molecular flexibility index (Phi) is 10.4. The largest absolute Gasteiger partial charge is 0.497 e. The molecule has 1 atom stereocenters. The van der Waals surface area contributed by atoms with Crippen molar-refractivity contribution in [3.63, 3.8) is 0 Å². The van der Waals surface area contributed by atoms with Crippen molar-refractivity contribution in [2.75, 3.05) is 27.3 Å². The van der Waals surface area contributed by atoms with Gasteiger partial charge in [0.15, 0.2) is 11.2 Å². The molecular formula is C44H40Cl2N2O4. The standard InChI is InChI=1S/C44H40Cl2N2O4/c1-51-37-9-5-7-30(25-37)13-22-42(49)44(33-14-18-35(45)19-15-33,34-16-20-36(46)21-17-34)43(50)47-24-23-32(28-47)40-29-48(41-12-4-3-11-39(40)41)27-31-8-6-10-38(26-31)52-2/h3-12,14-21,25-26,29,32H,13,22-24,27-28H2,1-2H3. The summed E-state index contributed by atoms with van der Waals surface area (Å²) in [6, 6.07) is 38.4. The lowest BCUT2D eigenvalue weighted by Gasteiger charge is -2.36. The van der Waals surface area contributed by atoms with Crippen LogP contribution in [0.25, 0.3) is 10.9 Å². The molecule has 8 heteroatoms. The van der Waals surface area contributed by atoms with E-state index >= 15 is 4.79 Å². The number of Topliss-reactive ketones (excluding diaryl/α,β-unsaturated/α-hetero) is 1. The average molecular weight is 732 g/mol. The predicted molar refractivity (Wildman–Crippen MR) is 208 cm³/mol. The number of ketones is 1. The zero-order chi connectivity index (χ0) is 36.2. The molecule has 1 amide bonds. The molecule has 0 aliphatic carbocycles. The first-order valence-electron chi connectivity index (χ1n) is 17.5. The highest BCUT2D eigenvalue weighted by molar-refractivity contribution is 6.31. The second-order valence-electron chi connectivity index (χ2n) is 13.4. The first-order valence-corrected chi connectivity index (χ1v) is 18.2. The summed E-state index contributed by atoms with van der Waals surface area (Å²) in [5.41, 5.74) is 3.97. The summed E-state index contributed by atoms with van der Waals surface area (Å²) in [5.74, 6) is 1.19. The van der Waals surface area contributed by atoms with Gasteiger partial charge in [0.2, 0.25) is 5.91 Å². The van der Waals surface area contributed by atoms with Gasteiger partial charge in [0.05, 0.1) is 14.2 Å². The van der Waals surface area contributed by atoms with Crippen LogP contribution < -0.4 is 9.47 Å². The molecule has 6 nitrogen and oxygen atoms in total. The van der Waals surface area contributed by atoms with Gasteiger partial charge in [-0.05, 0) is 95.3 Å². The first-order chi connectivity index (χ1) is 25.3. The van der Waals surface area contributed by atoms with Gasteiger partial charge < -0.3 is 18.9 Å². The molecule has 1 aromatic heterocycles. The average Bonchev–Trinajstić information content (AvgIpc) is 3.81. The van der Waals surface area contributed by atoms with Crippen molar-refractivity contribution < 1.29 is 19.1 Å². The fourth-order valence-corrected chi connectivity index (χ4v) is 7.91. The fraction of sp³-hybridized carbons (Fsp3) is 0.227. The van der Waals surface area contributed by atoms with Crippen LogP contribution >= 0.6 is 23.2 Å². The number of aryl methyl sites for hydroxylation is 1. The number of rotatable bonds is 12. The molecule has 1 fully saturated rings. The van der Waals surface area contributed by atoms with Crippen LogP contribution in [0, 0.1) is 0 Å². The van der Waals surface area contributed by atoms with E-state index in [9.17, 15) is 4.79 Å². The van der Waals surface area contributed by atoms with Gasteiger partial charge in [0, 0.05) is 59.1 Å². The summed E-state index contributed by atoms with van der Waals surface area (Å²) >= 11 is 12.7. The van der Waals surface area contributed by atoms with E-state index in [1.54, 1.807) is 62.8 Å². The maximum atomic E-state index is 15.3. The fourth-order valence-electron chi connectivity index (χ4n) is 7.66.